The number of aryl methyl sites for hydroxylation is 3. The predicted molar refractivity (Wildman–Crippen MR) is 156 cm³/mol. The highest BCUT2D eigenvalue weighted by Crippen LogP contribution is 2.33. The molecule has 0 N–H and O–H groups in total. The first-order chi connectivity index (χ1) is 17.9. The average Bonchev–Trinajstić information content (AvgIpc) is 2.92. The maximum atomic E-state index is 11.5. The molecule has 0 saturated heterocycles. The molecule has 0 aliphatic rings. The molecule has 0 spiro atoms. The topological polar surface area (TPSA) is 26.3 Å². The van der Waals surface area contributed by atoms with E-state index >= 15 is 0 Å². The summed E-state index contributed by atoms with van der Waals surface area (Å²) in [6.07, 6.45) is 3.52. The zero-order valence-electron chi connectivity index (χ0n) is 22.0. The molecule has 2 nitrogen and oxygen atoms in total. The molecule has 0 heterocycles. The van der Waals surface area contributed by atoms with Crippen LogP contribution in [0.2, 0.25) is 0 Å². The Hall–Kier alpha value is -4.17. The lowest BCUT2D eigenvalue weighted by Crippen LogP contribution is -2.06. The number of hydrogen-bond donors (Lipinski definition) is 0. The van der Waals surface area contributed by atoms with E-state index in [1.807, 2.05) is 6.08 Å². The zero-order chi connectivity index (χ0) is 26.4. The molecule has 0 aliphatic carbocycles. The molecular formula is C35H34O2. The number of carbonyl (C=O) groups is 1. The van der Waals surface area contributed by atoms with Crippen LogP contribution in [0.1, 0.15) is 35.6 Å². The molecule has 0 saturated carbocycles. The van der Waals surface area contributed by atoms with Crippen molar-refractivity contribution in [3.8, 4) is 33.4 Å². The molecule has 4 aromatic carbocycles. The molecule has 2 heteroatoms. The highest BCUT2D eigenvalue weighted by Gasteiger charge is 2.09. The van der Waals surface area contributed by atoms with Gasteiger partial charge in [-0.25, -0.2) is 4.79 Å². The van der Waals surface area contributed by atoms with Gasteiger partial charge in [0.1, 0.15) is 0 Å². The lowest BCUT2D eigenvalue weighted by molar-refractivity contribution is -0.139. The fourth-order valence-electron chi connectivity index (χ4n) is 4.44. The van der Waals surface area contributed by atoms with Crippen molar-refractivity contribution in [2.75, 3.05) is 6.61 Å². The summed E-state index contributed by atoms with van der Waals surface area (Å²) in [5.41, 5.74) is 12.6. The van der Waals surface area contributed by atoms with Gasteiger partial charge in [0.2, 0.25) is 0 Å². The van der Waals surface area contributed by atoms with Gasteiger partial charge in [0.25, 0.3) is 0 Å². The van der Waals surface area contributed by atoms with Crippen LogP contribution in [0.25, 0.3) is 39.5 Å². The molecule has 0 unspecified atom stereocenters. The first-order valence-corrected chi connectivity index (χ1v) is 12.7. The number of rotatable bonds is 9. The van der Waals surface area contributed by atoms with E-state index in [0.717, 1.165) is 18.4 Å². The van der Waals surface area contributed by atoms with Crippen molar-refractivity contribution in [2.24, 2.45) is 0 Å². The van der Waals surface area contributed by atoms with Gasteiger partial charge in [-0.3, -0.25) is 0 Å². The molecule has 0 bridgehead atoms. The monoisotopic (exact) mass is 486 g/mol. The summed E-state index contributed by atoms with van der Waals surface area (Å²) in [5.74, 6) is -0.322. The highest BCUT2D eigenvalue weighted by molar-refractivity contribution is 5.86. The molecule has 0 fully saturated rings. The van der Waals surface area contributed by atoms with Gasteiger partial charge in [-0.2, -0.15) is 0 Å². The second-order valence-corrected chi connectivity index (χ2v) is 9.60. The second kappa shape index (κ2) is 11.7. The summed E-state index contributed by atoms with van der Waals surface area (Å²) < 4.78 is 5.20. The fourth-order valence-corrected chi connectivity index (χ4v) is 4.44. The van der Waals surface area contributed by atoms with Crippen LogP contribution in [0, 0.1) is 13.8 Å². The Bertz CT molecular complexity index is 1420. The molecule has 0 amide bonds. The normalized spacial score (nSPS) is 10.7. The van der Waals surface area contributed by atoms with Gasteiger partial charge in [-0.05, 0) is 101 Å². The van der Waals surface area contributed by atoms with E-state index in [1.165, 1.54) is 50.1 Å². The third-order valence-corrected chi connectivity index (χ3v) is 6.72. The molecule has 37 heavy (non-hydrogen) atoms. The first kappa shape index (κ1) is 25.9. The van der Waals surface area contributed by atoms with E-state index in [2.05, 4.69) is 112 Å². The molecular weight excluding hydrogens is 452 g/mol. The largest absolute Gasteiger partial charge is 0.462 e. The summed E-state index contributed by atoms with van der Waals surface area (Å²) in [6.45, 7) is 13.9. The zero-order valence-corrected chi connectivity index (χ0v) is 22.0. The quantitative estimate of drug-likeness (QED) is 0.134. The van der Waals surface area contributed by atoms with E-state index in [1.54, 1.807) is 6.92 Å². The van der Waals surface area contributed by atoms with Gasteiger partial charge in [0, 0.05) is 5.57 Å². The van der Waals surface area contributed by atoms with E-state index in [-0.39, 0.29) is 5.97 Å². The minimum Gasteiger partial charge on any atom is -0.462 e. The summed E-state index contributed by atoms with van der Waals surface area (Å²) in [5, 5.41) is 0. The van der Waals surface area contributed by atoms with Crippen molar-refractivity contribution in [3.05, 3.63) is 126 Å². The SMILES string of the molecule is C=Cc1ccc(-c2cc(-c3ccc(C)c(-c4ccc(CCCOC(=O)C(=C)C)cc4)c3)ccc2C)cc1. The van der Waals surface area contributed by atoms with Crippen LogP contribution in [-0.4, -0.2) is 12.6 Å². The standard InChI is InChI=1S/C35H34O2/c1-6-27-11-17-29(18-12-27)33-22-31(15-9-25(33)4)32-16-10-26(5)34(23-32)30-19-13-28(14-20-30)8-7-21-37-35(36)24(2)3/h6,9-20,22-23H,1-2,7-8,21H2,3-5H3. The Morgan fingerprint density at radius 2 is 1.24 bits per heavy atom. The lowest BCUT2D eigenvalue weighted by Gasteiger charge is -2.13. The maximum absolute atomic E-state index is 11.5. The van der Waals surface area contributed by atoms with Gasteiger partial charge < -0.3 is 4.74 Å². The van der Waals surface area contributed by atoms with E-state index in [4.69, 9.17) is 4.74 Å². The van der Waals surface area contributed by atoms with Crippen LogP contribution in [0.3, 0.4) is 0 Å². The number of carbonyl (C=O) groups excluding carboxylic acids is 1. The Morgan fingerprint density at radius 3 is 1.73 bits per heavy atom. The fraction of sp³-hybridized carbons (Fsp3) is 0.171. The van der Waals surface area contributed by atoms with E-state index in [9.17, 15) is 4.79 Å². The van der Waals surface area contributed by atoms with Gasteiger partial charge >= 0.3 is 5.97 Å². The van der Waals surface area contributed by atoms with Crippen LogP contribution in [0.4, 0.5) is 0 Å². The molecule has 4 aromatic rings. The van der Waals surface area contributed by atoms with Gasteiger partial charge in [-0.1, -0.05) is 92.0 Å². The van der Waals surface area contributed by atoms with E-state index < -0.39 is 0 Å². The van der Waals surface area contributed by atoms with Crippen molar-refractivity contribution >= 4 is 12.0 Å². The van der Waals surface area contributed by atoms with Crippen molar-refractivity contribution in [1.82, 2.24) is 0 Å². The Balaban J connectivity index is 1.53. The molecule has 0 aromatic heterocycles. The van der Waals surface area contributed by atoms with Gasteiger partial charge in [0.05, 0.1) is 6.61 Å². The number of esters is 1. The van der Waals surface area contributed by atoms with Crippen LogP contribution in [0.15, 0.2) is 104 Å². The summed E-state index contributed by atoms with van der Waals surface area (Å²) in [7, 11) is 0. The Morgan fingerprint density at radius 1 is 0.757 bits per heavy atom. The highest BCUT2D eigenvalue weighted by atomic mass is 16.5. The summed E-state index contributed by atoms with van der Waals surface area (Å²) in [4.78, 5) is 11.5. The third kappa shape index (κ3) is 6.34. The third-order valence-electron chi connectivity index (χ3n) is 6.72. The first-order valence-electron chi connectivity index (χ1n) is 12.7. The molecule has 0 aliphatic heterocycles. The van der Waals surface area contributed by atoms with Gasteiger partial charge in [-0.15, -0.1) is 0 Å². The van der Waals surface area contributed by atoms with Crippen LogP contribution < -0.4 is 0 Å². The summed E-state index contributed by atoms with van der Waals surface area (Å²) >= 11 is 0. The minimum atomic E-state index is -0.322. The van der Waals surface area contributed by atoms with Crippen molar-refractivity contribution in [2.45, 2.75) is 33.6 Å². The average molecular weight is 487 g/mol. The second-order valence-electron chi connectivity index (χ2n) is 9.60. The predicted octanol–water partition coefficient (Wildman–Crippen LogP) is 9.00. The van der Waals surface area contributed by atoms with E-state index in [0.29, 0.717) is 12.2 Å². The Labute approximate surface area is 221 Å². The molecule has 0 radical (unpaired) electrons. The minimum absolute atomic E-state index is 0.322. The van der Waals surface area contributed by atoms with Crippen LogP contribution in [0.5, 0.6) is 0 Å². The van der Waals surface area contributed by atoms with Crippen molar-refractivity contribution in [1.29, 1.82) is 0 Å². The summed E-state index contributed by atoms with van der Waals surface area (Å²) in [6, 6.07) is 30.6. The Kier molecular flexibility index (Phi) is 8.20. The van der Waals surface area contributed by atoms with Crippen molar-refractivity contribution in [3.63, 3.8) is 0 Å². The van der Waals surface area contributed by atoms with Gasteiger partial charge in [0.15, 0.2) is 0 Å². The maximum Gasteiger partial charge on any atom is 0.333 e. The number of ether oxygens (including phenoxy) is 1. The van der Waals surface area contributed by atoms with Crippen LogP contribution in [-0.2, 0) is 16.0 Å². The molecule has 186 valence electrons. The molecule has 4 rings (SSSR count). The smallest absolute Gasteiger partial charge is 0.333 e. The lowest BCUT2D eigenvalue weighted by atomic mass is 9.91. The molecule has 0 atom stereocenters. The number of hydrogen-bond acceptors (Lipinski definition) is 2. The van der Waals surface area contributed by atoms with Crippen molar-refractivity contribution < 1.29 is 9.53 Å². The van der Waals surface area contributed by atoms with Crippen LogP contribution >= 0.6 is 0 Å². The number of benzene rings is 4.